The highest BCUT2D eigenvalue weighted by Crippen LogP contribution is 2.26. The maximum absolute atomic E-state index is 12.6. The van der Waals surface area contributed by atoms with Gasteiger partial charge in [0.05, 0.1) is 11.7 Å². The Balaban J connectivity index is 1.56. The number of hydrogen-bond donors (Lipinski definition) is 1. The van der Waals surface area contributed by atoms with Gasteiger partial charge in [0.2, 0.25) is 5.91 Å². The summed E-state index contributed by atoms with van der Waals surface area (Å²) in [6.45, 7) is 0.745. The molecule has 0 bridgehead atoms. The molecule has 1 atom stereocenters. The monoisotopic (exact) mass is 437 g/mol. The lowest BCUT2D eigenvalue weighted by atomic mass is 10.1. The van der Waals surface area contributed by atoms with E-state index in [1.54, 1.807) is 48.2 Å². The fourth-order valence-electron chi connectivity index (χ4n) is 3.26. The van der Waals surface area contributed by atoms with E-state index in [0.717, 1.165) is 0 Å². The summed E-state index contributed by atoms with van der Waals surface area (Å²) in [7, 11) is 0. The lowest BCUT2D eigenvalue weighted by Crippen LogP contribution is -2.54. The Bertz CT molecular complexity index is 887. The number of alkyl halides is 2. The minimum Gasteiger partial charge on any atom is -0.433 e. The molecule has 1 aliphatic heterocycles. The first-order chi connectivity index (χ1) is 14.3. The summed E-state index contributed by atoms with van der Waals surface area (Å²) in [6, 6.07) is 12.3. The van der Waals surface area contributed by atoms with Crippen molar-refractivity contribution in [2.24, 2.45) is 0 Å². The van der Waals surface area contributed by atoms with Gasteiger partial charge in [-0.2, -0.15) is 8.78 Å². The van der Waals surface area contributed by atoms with E-state index in [1.165, 1.54) is 12.1 Å². The standard InChI is InChI=1S/C21H22ClF2N3O3/c1-14(19(28)25-17-4-2-3-5-18(17)30-21(23)24)26-10-12-27(13-11-26)20(29)15-6-8-16(22)9-7-15/h2-9,14,21H,10-13H2,1H3,(H,25,28). The van der Waals surface area contributed by atoms with Gasteiger partial charge in [-0.3, -0.25) is 14.5 Å². The number of carbonyl (C=O) groups excluding carboxylic acids is 2. The molecule has 30 heavy (non-hydrogen) atoms. The Morgan fingerprint density at radius 3 is 2.30 bits per heavy atom. The third kappa shape index (κ3) is 5.46. The number of amides is 2. The Hall–Kier alpha value is -2.71. The summed E-state index contributed by atoms with van der Waals surface area (Å²) in [4.78, 5) is 28.9. The minimum atomic E-state index is -2.98. The van der Waals surface area contributed by atoms with Gasteiger partial charge < -0.3 is 15.0 Å². The molecule has 6 nitrogen and oxygen atoms in total. The Kier molecular flexibility index (Phi) is 7.23. The van der Waals surface area contributed by atoms with E-state index >= 15 is 0 Å². The number of piperazine rings is 1. The van der Waals surface area contributed by atoms with Gasteiger partial charge in [-0.05, 0) is 43.3 Å². The third-order valence-electron chi connectivity index (χ3n) is 4.98. The molecule has 1 aliphatic rings. The number of nitrogens with zero attached hydrogens (tertiary/aromatic N) is 2. The summed E-state index contributed by atoms with van der Waals surface area (Å²) in [5.41, 5.74) is 0.750. The summed E-state index contributed by atoms with van der Waals surface area (Å²) in [5.74, 6) is -0.509. The molecule has 0 aliphatic carbocycles. The van der Waals surface area contributed by atoms with Crippen LogP contribution in [0.1, 0.15) is 17.3 Å². The maximum Gasteiger partial charge on any atom is 0.387 e. The zero-order chi connectivity index (χ0) is 21.7. The number of rotatable bonds is 6. The topological polar surface area (TPSA) is 61.9 Å². The second-order valence-electron chi connectivity index (χ2n) is 6.87. The Morgan fingerprint density at radius 1 is 1.03 bits per heavy atom. The van der Waals surface area contributed by atoms with Crippen LogP contribution in [0.4, 0.5) is 14.5 Å². The van der Waals surface area contributed by atoms with Gasteiger partial charge in [-0.15, -0.1) is 0 Å². The molecule has 2 amide bonds. The van der Waals surface area contributed by atoms with Gasteiger partial charge in [0, 0.05) is 36.8 Å². The molecular formula is C21H22ClF2N3O3. The molecule has 0 aromatic heterocycles. The van der Waals surface area contributed by atoms with Crippen LogP contribution >= 0.6 is 11.6 Å². The molecule has 160 valence electrons. The van der Waals surface area contributed by atoms with Crippen LogP contribution in [0.3, 0.4) is 0 Å². The number of anilines is 1. The Morgan fingerprint density at radius 2 is 1.67 bits per heavy atom. The first kappa shape index (κ1) is 22.0. The van der Waals surface area contributed by atoms with Gasteiger partial charge >= 0.3 is 6.61 Å². The fraction of sp³-hybridized carbons (Fsp3) is 0.333. The van der Waals surface area contributed by atoms with Crippen molar-refractivity contribution in [3.63, 3.8) is 0 Å². The Labute approximate surface area is 178 Å². The number of ether oxygens (including phenoxy) is 1. The largest absolute Gasteiger partial charge is 0.433 e. The molecule has 1 N–H and O–H groups in total. The van der Waals surface area contributed by atoms with E-state index < -0.39 is 12.7 Å². The van der Waals surface area contributed by atoms with Crippen molar-refractivity contribution < 1.29 is 23.1 Å². The summed E-state index contributed by atoms with van der Waals surface area (Å²) < 4.78 is 29.5. The van der Waals surface area contributed by atoms with Crippen LogP contribution in [0.5, 0.6) is 5.75 Å². The molecule has 1 fully saturated rings. The second-order valence-corrected chi connectivity index (χ2v) is 7.31. The number of benzene rings is 2. The number of halogens is 3. The van der Waals surface area contributed by atoms with E-state index in [4.69, 9.17) is 11.6 Å². The van der Waals surface area contributed by atoms with Gasteiger partial charge in [-0.1, -0.05) is 23.7 Å². The molecule has 1 heterocycles. The lowest BCUT2D eigenvalue weighted by Gasteiger charge is -2.37. The number of carbonyl (C=O) groups is 2. The van der Waals surface area contributed by atoms with E-state index in [1.807, 2.05) is 4.90 Å². The highest BCUT2D eigenvalue weighted by Gasteiger charge is 2.28. The average Bonchev–Trinajstić information content (AvgIpc) is 2.74. The van der Waals surface area contributed by atoms with Crippen molar-refractivity contribution >= 4 is 29.1 Å². The van der Waals surface area contributed by atoms with E-state index in [9.17, 15) is 18.4 Å². The first-order valence-electron chi connectivity index (χ1n) is 9.48. The van der Waals surface area contributed by atoms with Crippen LogP contribution < -0.4 is 10.1 Å². The molecule has 0 spiro atoms. The SMILES string of the molecule is CC(C(=O)Nc1ccccc1OC(F)F)N1CCN(C(=O)c2ccc(Cl)cc2)CC1. The molecule has 9 heteroatoms. The van der Waals surface area contributed by atoms with Crippen LogP contribution in [-0.2, 0) is 4.79 Å². The first-order valence-corrected chi connectivity index (χ1v) is 9.86. The highest BCUT2D eigenvalue weighted by molar-refractivity contribution is 6.30. The predicted molar refractivity (Wildman–Crippen MR) is 110 cm³/mol. The predicted octanol–water partition coefficient (Wildman–Crippen LogP) is 3.73. The van der Waals surface area contributed by atoms with Crippen molar-refractivity contribution in [1.29, 1.82) is 0 Å². The molecule has 0 radical (unpaired) electrons. The number of hydrogen-bond acceptors (Lipinski definition) is 4. The summed E-state index contributed by atoms with van der Waals surface area (Å²) in [6.07, 6.45) is 0. The average molecular weight is 438 g/mol. The van der Waals surface area contributed by atoms with E-state index in [0.29, 0.717) is 36.8 Å². The van der Waals surface area contributed by atoms with Crippen LogP contribution in [0.25, 0.3) is 0 Å². The summed E-state index contributed by atoms with van der Waals surface area (Å²) >= 11 is 5.86. The number of para-hydroxylation sites is 2. The highest BCUT2D eigenvalue weighted by atomic mass is 35.5. The fourth-order valence-corrected chi connectivity index (χ4v) is 3.38. The zero-order valence-electron chi connectivity index (χ0n) is 16.4. The second kappa shape index (κ2) is 9.86. The van der Waals surface area contributed by atoms with Gasteiger partial charge in [0.15, 0.2) is 0 Å². The normalized spacial score (nSPS) is 15.7. The van der Waals surface area contributed by atoms with Crippen molar-refractivity contribution in [3.05, 3.63) is 59.1 Å². The van der Waals surface area contributed by atoms with Gasteiger partial charge in [-0.25, -0.2) is 0 Å². The van der Waals surface area contributed by atoms with Gasteiger partial charge in [0.1, 0.15) is 5.75 Å². The van der Waals surface area contributed by atoms with Crippen LogP contribution in [0.15, 0.2) is 48.5 Å². The molecule has 3 rings (SSSR count). The van der Waals surface area contributed by atoms with Crippen LogP contribution in [0.2, 0.25) is 5.02 Å². The molecule has 0 saturated carbocycles. The summed E-state index contributed by atoms with van der Waals surface area (Å²) in [5, 5.41) is 3.21. The third-order valence-corrected chi connectivity index (χ3v) is 5.23. The molecular weight excluding hydrogens is 416 g/mol. The van der Waals surface area contributed by atoms with Crippen molar-refractivity contribution in [1.82, 2.24) is 9.80 Å². The van der Waals surface area contributed by atoms with Crippen LogP contribution in [-0.4, -0.2) is 60.4 Å². The van der Waals surface area contributed by atoms with E-state index in [-0.39, 0.29) is 23.3 Å². The minimum absolute atomic E-state index is 0.0819. The maximum atomic E-state index is 12.6. The number of nitrogens with one attached hydrogen (secondary N) is 1. The quantitative estimate of drug-likeness (QED) is 0.748. The van der Waals surface area contributed by atoms with Crippen molar-refractivity contribution in [2.75, 3.05) is 31.5 Å². The lowest BCUT2D eigenvalue weighted by molar-refractivity contribution is -0.121. The molecule has 2 aromatic rings. The molecule has 1 unspecified atom stereocenters. The smallest absolute Gasteiger partial charge is 0.387 e. The van der Waals surface area contributed by atoms with Crippen molar-refractivity contribution in [2.45, 2.75) is 19.6 Å². The zero-order valence-corrected chi connectivity index (χ0v) is 17.1. The van der Waals surface area contributed by atoms with E-state index in [2.05, 4.69) is 10.1 Å². The molecule has 2 aromatic carbocycles. The van der Waals surface area contributed by atoms with Crippen molar-refractivity contribution in [3.8, 4) is 5.75 Å². The molecule has 1 saturated heterocycles. The van der Waals surface area contributed by atoms with Gasteiger partial charge in [0.25, 0.3) is 5.91 Å². The van der Waals surface area contributed by atoms with Crippen LogP contribution in [0, 0.1) is 0 Å².